The van der Waals surface area contributed by atoms with Crippen LogP contribution >= 0.6 is 0 Å². The number of pyridine rings is 1. The molecular formula is C22H29N3O2. The summed E-state index contributed by atoms with van der Waals surface area (Å²) in [7, 11) is 0. The third-order valence-electron chi connectivity index (χ3n) is 4.74. The topological polar surface area (TPSA) is 54.5 Å². The Labute approximate surface area is 161 Å². The van der Waals surface area contributed by atoms with Crippen LogP contribution in [0.5, 0.6) is 0 Å². The number of ether oxygens (including phenoxy) is 1. The smallest absolute Gasteiger partial charge is 0.253 e. The predicted octanol–water partition coefficient (Wildman–Crippen LogP) is 3.14. The maximum Gasteiger partial charge on any atom is 0.253 e. The maximum absolute atomic E-state index is 12.6. The number of hydrogen-bond acceptors (Lipinski definition) is 4. The quantitative estimate of drug-likeness (QED) is 0.852. The van der Waals surface area contributed by atoms with Crippen LogP contribution in [0.1, 0.15) is 29.9 Å². The van der Waals surface area contributed by atoms with Crippen molar-refractivity contribution in [2.45, 2.75) is 26.9 Å². The van der Waals surface area contributed by atoms with Gasteiger partial charge in [-0.3, -0.25) is 14.7 Å². The standard InChI is InChI=1S/C22H29N3O2/c1-16(2)14-25-11-12-27-19(15-25)13-23-22(26)20-9-10-21(24-17(20)3)18-7-5-4-6-8-18/h4-10,16,19H,11-15H2,1-3H3,(H,23,26). The molecule has 5 nitrogen and oxygen atoms in total. The van der Waals surface area contributed by atoms with Gasteiger partial charge in [-0.15, -0.1) is 0 Å². The van der Waals surface area contributed by atoms with Crippen LogP contribution < -0.4 is 5.32 Å². The first-order chi connectivity index (χ1) is 13.0. The van der Waals surface area contributed by atoms with E-state index in [4.69, 9.17) is 4.74 Å². The zero-order chi connectivity index (χ0) is 19.2. The molecule has 0 bridgehead atoms. The second-order valence-corrected chi connectivity index (χ2v) is 7.55. The van der Waals surface area contributed by atoms with Crippen molar-refractivity contribution in [2.24, 2.45) is 5.92 Å². The fraction of sp³-hybridized carbons (Fsp3) is 0.455. The van der Waals surface area contributed by atoms with E-state index in [2.05, 4.69) is 29.0 Å². The lowest BCUT2D eigenvalue weighted by molar-refractivity contribution is -0.0295. The van der Waals surface area contributed by atoms with Crippen LogP contribution in [0.2, 0.25) is 0 Å². The van der Waals surface area contributed by atoms with Crippen molar-refractivity contribution in [3.8, 4) is 11.3 Å². The van der Waals surface area contributed by atoms with E-state index in [1.807, 2.05) is 49.4 Å². The van der Waals surface area contributed by atoms with E-state index in [1.165, 1.54) is 0 Å². The molecule has 144 valence electrons. The van der Waals surface area contributed by atoms with Crippen LogP contribution in [0.3, 0.4) is 0 Å². The van der Waals surface area contributed by atoms with Gasteiger partial charge in [0, 0.05) is 31.7 Å². The molecule has 3 rings (SSSR count). The number of hydrogen-bond donors (Lipinski definition) is 1. The van der Waals surface area contributed by atoms with E-state index >= 15 is 0 Å². The fourth-order valence-corrected chi connectivity index (χ4v) is 3.46. The summed E-state index contributed by atoms with van der Waals surface area (Å²) >= 11 is 0. The van der Waals surface area contributed by atoms with E-state index in [0.717, 1.165) is 43.2 Å². The summed E-state index contributed by atoms with van der Waals surface area (Å²) in [5, 5.41) is 3.01. The predicted molar refractivity (Wildman–Crippen MR) is 108 cm³/mol. The summed E-state index contributed by atoms with van der Waals surface area (Å²) in [6.45, 7) is 10.5. The molecular weight excluding hydrogens is 338 g/mol. The van der Waals surface area contributed by atoms with Crippen LogP contribution in [0.4, 0.5) is 0 Å². The van der Waals surface area contributed by atoms with Crippen LogP contribution in [0.25, 0.3) is 11.3 Å². The molecule has 0 saturated carbocycles. The molecule has 1 fully saturated rings. The largest absolute Gasteiger partial charge is 0.374 e. The Hall–Kier alpha value is -2.24. The van der Waals surface area contributed by atoms with Crippen LogP contribution in [-0.4, -0.2) is 54.7 Å². The van der Waals surface area contributed by atoms with Gasteiger partial charge in [-0.1, -0.05) is 44.2 Å². The van der Waals surface area contributed by atoms with E-state index < -0.39 is 0 Å². The number of morpholine rings is 1. The molecule has 0 aliphatic carbocycles. The highest BCUT2D eigenvalue weighted by Crippen LogP contribution is 2.18. The van der Waals surface area contributed by atoms with Crippen molar-refractivity contribution in [1.82, 2.24) is 15.2 Å². The van der Waals surface area contributed by atoms with Gasteiger partial charge in [-0.25, -0.2) is 0 Å². The lowest BCUT2D eigenvalue weighted by atomic mass is 10.1. The summed E-state index contributed by atoms with van der Waals surface area (Å²) in [5.41, 5.74) is 3.28. The normalized spacial score (nSPS) is 17.9. The minimum atomic E-state index is -0.0933. The highest BCUT2D eigenvalue weighted by Gasteiger charge is 2.22. The van der Waals surface area contributed by atoms with Crippen molar-refractivity contribution in [3.63, 3.8) is 0 Å². The number of carbonyl (C=O) groups is 1. The lowest BCUT2D eigenvalue weighted by Crippen LogP contribution is -2.48. The fourth-order valence-electron chi connectivity index (χ4n) is 3.46. The maximum atomic E-state index is 12.6. The Morgan fingerprint density at radius 3 is 2.74 bits per heavy atom. The van der Waals surface area contributed by atoms with Crippen LogP contribution in [0, 0.1) is 12.8 Å². The van der Waals surface area contributed by atoms with Crippen LogP contribution in [-0.2, 0) is 4.74 Å². The van der Waals surface area contributed by atoms with Crippen LogP contribution in [0.15, 0.2) is 42.5 Å². The number of benzene rings is 1. The van der Waals surface area contributed by atoms with Crippen molar-refractivity contribution >= 4 is 5.91 Å². The molecule has 2 aromatic rings. The highest BCUT2D eigenvalue weighted by molar-refractivity contribution is 5.95. The number of nitrogens with zero attached hydrogens (tertiary/aromatic N) is 2. The minimum Gasteiger partial charge on any atom is -0.374 e. The summed E-state index contributed by atoms with van der Waals surface area (Å²) in [5.74, 6) is 0.541. The first-order valence-corrected chi connectivity index (χ1v) is 9.68. The molecule has 1 saturated heterocycles. The molecule has 1 atom stereocenters. The van der Waals surface area contributed by atoms with Gasteiger partial charge < -0.3 is 10.1 Å². The first-order valence-electron chi connectivity index (χ1n) is 9.68. The molecule has 1 N–H and O–H groups in total. The monoisotopic (exact) mass is 367 g/mol. The molecule has 1 aromatic heterocycles. The Kier molecular flexibility index (Phi) is 6.58. The zero-order valence-corrected chi connectivity index (χ0v) is 16.4. The van der Waals surface area contributed by atoms with Crippen molar-refractivity contribution in [2.75, 3.05) is 32.8 Å². The summed E-state index contributed by atoms with van der Waals surface area (Å²) in [4.78, 5) is 19.6. The van der Waals surface area contributed by atoms with Gasteiger partial charge in [0.1, 0.15) is 0 Å². The molecule has 1 unspecified atom stereocenters. The van der Waals surface area contributed by atoms with Gasteiger partial charge in [-0.2, -0.15) is 0 Å². The minimum absolute atomic E-state index is 0.0401. The molecule has 1 aliphatic rings. The SMILES string of the molecule is Cc1nc(-c2ccccc2)ccc1C(=O)NCC1CN(CC(C)C)CCO1. The number of carbonyl (C=O) groups excluding carboxylic acids is 1. The molecule has 5 heteroatoms. The van der Waals surface area contributed by atoms with Gasteiger partial charge in [0.05, 0.1) is 29.7 Å². The second-order valence-electron chi connectivity index (χ2n) is 7.55. The summed E-state index contributed by atoms with van der Waals surface area (Å²) in [6.07, 6.45) is 0.0401. The lowest BCUT2D eigenvalue weighted by Gasteiger charge is -2.34. The van der Waals surface area contributed by atoms with E-state index in [0.29, 0.717) is 18.0 Å². The summed E-state index contributed by atoms with van der Waals surface area (Å²) < 4.78 is 5.81. The molecule has 1 amide bonds. The van der Waals surface area contributed by atoms with Gasteiger partial charge in [-0.05, 0) is 25.0 Å². The third kappa shape index (κ3) is 5.37. The Morgan fingerprint density at radius 1 is 1.26 bits per heavy atom. The van der Waals surface area contributed by atoms with Gasteiger partial charge >= 0.3 is 0 Å². The first kappa shape index (κ1) is 19.5. The molecule has 1 aliphatic heterocycles. The van der Waals surface area contributed by atoms with E-state index in [9.17, 15) is 4.79 Å². The van der Waals surface area contributed by atoms with Crippen molar-refractivity contribution < 1.29 is 9.53 Å². The number of aryl methyl sites for hydroxylation is 1. The third-order valence-corrected chi connectivity index (χ3v) is 4.74. The molecule has 27 heavy (non-hydrogen) atoms. The summed E-state index contributed by atoms with van der Waals surface area (Å²) in [6, 6.07) is 13.7. The van der Waals surface area contributed by atoms with E-state index in [-0.39, 0.29) is 12.0 Å². The molecule has 1 aromatic carbocycles. The molecule has 0 radical (unpaired) electrons. The van der Waals surface area contributed by atoms with Crippen molar-refractivity contribution in [1.29, 1.82) is 0 Å². The van der Waals surface area contributed by atoms with Gasteiger partial charge in [0.15, 0.2) is 0 Å². The number of rotatable bonds is 6. The van der Waals surface area contributed by atoms with E-state index in [1.54, 1.807) is 0 Å². The zero-order valence-electron chi connectivity index (χ0n) is 16.4. The average Bonchev–Trinajstić information content (AvgIpc) is 2.66. The Balaban J connectivity index is 1.58. The average molecular weight is 367 g/mol. The van der Waals surface area contributed by atoms with Gasteiger partial charge in [0.2, 0.25) is 0 Å². The Morgan fingerprint density at radius 2 is 2.04 bits per heavy atom. The molecule has 2 heterocycles. The number of aromatic nitrogens is 1. The number of nitrogens with one attached hydrogen (secondary N) is 1. The van der Waals surface area contributed by atoms with Crippen molar-refractivity contribution in [3.05, 3.63) is 53.7 Å². The van der Waals surface area contributed by atoms with Gasteiger partial charge in [0.25, 0.3) is 5.91 Å². The second kappa shape index (κ2) is 9.11. The highest BCUT2D eigenvalue weighted by atomic mass is 16.5. The Bertz CT molecular complexity index is 761. The number of amides is 1. The molecule has 0 spiro atoms.